The highest BCUT2D eigenvalue weighted by Crippen LogP contribution is 2.34. The van der Waals surface area contributed by atoms with Gasteiger partial charge in [0.25, 0.3) is 5.91 Å². The van der Waals surface area contributed by atoms with Crippen LogP contribution in [-0.4, -0.2) is 22.5 Å². The normalized spacial score (nSPS) is 12.2. The van der Waals surface area contributed by atoms with Crippen molar-refractivity contribution >= 4 is 28.5 Å². The smallest absolute Gasteiger partial charge is 0.303 e. The molecule has 1 N–H and O–H groups in total. The number of benzene rings is 3. The van der Waals surface area contributed by atoms with Gasteiger partial charge in [-0.3, -0.25) is 14.4 Å². The molecule has 1 heterocycles. The summed E-state index contributed by atoms with van der Waals surface area (Å²) < 4.78 is 7.08. The molecule has 0 radical (unpaired) electrons. The number of aromatic nitrogens is 1. The van der Waals surface area contributed by atoms with Crippen molar-refractivity contribution in [2.45, 2.75) is 46.1 Å². The van der Waals surface area contributed by atoms with E-state index < -0.39 is 18.0 Å². The number of esters is 1. The molecule has 6 heteroatoms. The molecule has 0 aliphatic carbocycles. The minimum Gasteiger partial charge on any atom is -0.453 e. The van der Waals surface area contributed by atoms with Gasteiger partial charge in [-0.1, -0.05) is 63.2 Å². The van der Waals surface area contributed by atoms with Gasteiger partial charge in [-0.2, -0.15) is 0 Å². The molecule has 0 spiro atoms. The van der Waals surface area contributed by atoms with Gasteiger partial charge in [0.2, 0.25) is 0 Å². The first-order chi connectivity index (χ1) is 17.1. The maximum absolute atomic E-state index is 13.1. The number of carbonyl (C=O) groups excluding carboxylic acids is 2. The fourth-order valence-electron chi connectivity index (χ4n) is 4.32. The molecule has 0 bridgehead atoms. The highest BCUT2D eigenvalue weighted by molar-refractivity contribution is 5.95. The second kappa shape index (κ2) is 9.82. The number of nitrogens with zero attached hydrogens (tertiary/aromatic N) is 1. The maximum Gasteiger partial charge on any atom is 0.303 e. The van der Waals surface area contributed by atoms with Gasteiger partial charge in [0.15, 0.2) is 11.5 Å². The number of para-hydroxylation sites is 2. The van der Waals surface area contributed by atoms with E-state index in [1.807, 2.05) is 48.5 Å². The van der Waals surface area contributed by atoms with Crippen LogP contribution in [0.4, 0.5) is 5.69 Å². The second-order valence-corrected chi connectivity index (χ2v) is 9.83. The molecule has 184 valence electrons. The number of anilines is 1. The van der Waals surface area contributed by atoms with Gasteiger partial charge in [-0.15, -0.1) is 0 Å². The molecule has 1 aromatic heterocycles. The number of hydrogen-bond acceptors (Lipinski definition) is 4. The summed E-state index contributed by atoms with van der Waals surface area (Å²) in [5.74, 6) is -0.933. The molecule has 4 rings (SSSR count). The van der Waals surface area contributed by atoms with E-state index in [4.69, 9.17) is 4.74 Å². The molecule has 0 aliphatic heterocycles. The summed E-state index contributed by atoms with van der Waals surface area (Å²) in [7, 11) is 0. The Morgan fingerprint density at radius 3 is 2.22 bits per heavy atom. The highest BCUT2D eigenvalue weighted by Gasteiger charge is 2.22. The molecular formula is C30H30N2O4. The lowest BCUT2D eigenvalue weighted by Crippen LogP contribution is -2.29. The average Bonchev–Trinajstić information content (AvgIpc) is 2.83. The van der Waals surface area contributed by atoms with Crippen LogP contribution in [0.3, 0.4) is 0 Å². The summed E-state index contributed by atoms with van der Waals surface area (Å²) in [5, 5.41) is 3.40. The molecule has 0 unspecified atom stereocenters. The Hall–Kier alpha value is -4.19. The van der Waals surface area contributed by atoms with Crippen molar-refractivity contribution in [3.8, 4) is 16.9 Å². The predicted molar refractivity (Wildman–Crippen MR) is 144 cm³/mol. The van der Waals surface area contributed by atoms with Crippen LogP contribution in [0, 0.1) is 0 Å². The lowest BCUT2D eigenvalue weighted by molar-refractivity contribution is -0.150. The van der Waals surface area contributed by atoms with E-state index in [1.54, 1.807) is 18.2 Å². The number of pyridine rings is 1. The van der Waals surface area contributed by atoms with Crippen LogP contribution in [0.2, 0.25) is 0 Å². The zero-order chi connectivity index (χ0) is 26.0. The molecule has 36 heavy (non-hydrogen) atoms. The first-order valence-electron chi connectivity index (χ1n) is 11.9. The van der Waals surface area contributed by atoms with Crippen molar-refractivity contribution in [2.24, 2.45) is 0 Å². The summed E-state index contributed by atoms with van der Waals surface area (Å²) in [6.45, 7) is 9.30. The third-order valence-electron chi connectivity index (χ3n) is 6.03. The zero-order valence-electron chi connectivity index (χ0n) is 21.2. The van der Waals surface area contributed by atoms with Crippen LogP contribution >= 0.6 is 0 Å². The average molecular weight is 483 g/mol. The number of carbonyl (C=O) groups is 2. The molecule has 3 aromatic carbocycles. The van der Waals surface area contributed by atoms with Gasteiger partial charge >= 0.3 is 5.97 Å². The topological polar surface area (TPSA) is 77.4 Å². The van der Waals surface area contributed by atoms with Crippen LogP contribution in [0.15, 0.2) is 83.7 Å². The van der Waals surface area contributed by atoms with Gasteiger partial charge in [-0.25, -0.2) is 0 Å². The number of ether oxygens (including phenoxy) is 1. The zero-order valence-corrected chi connectivity index (χ0v) is 21.2. The van der Waals surface area contributed by atoms with Crippen LogP contribution in [-0.2, 0) is 19.7 Å². The Kier molecular flexibility index (Phi) is 6.80. The Morgan fingerprint density at radius 1 is 0.917 bits per heavy atom. The second-order valence-electron chi connectivity index (χ2n) is 9.83. The first-order valence-corrected chi connectivity index (χ1v) is 11.9. The quantitative estimate of drug-likeness (QED) is 0.362. The summed E-state index contributed by atoms with van der Waals surface area (Å²) >= 11 is 0. The van der Waals surface area contributed by atoms with Gasteiger partial charge < -0.3 is 14.6 Å². The van der Waals surface area contributed by atoms with E-state index in [1.165, 1.54) is 13.8 Å². The van der Waals surface area contributed by atoms with E-state index >= 15 is 0 Å². The standard InChI is InChI=1S/C30H30N2O4/c1-19(36-20(2)33)29(35)31-22-16-14-21(15-17-22)27-18-28(34)23-10-6-8-12-25(23)32(27)26-13-9-7-11-24(26)30(3,4)5/h6-19H,1-5H3,(H,31,35)/t19-/m0/s1. The minimum atomic E-state index is -0.901. The molecule has 0 fully saturated rings. The van der Waals surface area contributed by atoms with Gasteiger partial charge in [-0.05, 0) is 53.8 Å². The minimum absolute atomic E-state index is 0.0577. The summed E-state index contributed by atoms with van der Waals surface area (Å²) in [4.78, 5) is 36.6. The Labute approximate surface area is 210 Å². The molecule has 0 saturated heterocycles. The summed E-state index contributed by atoms with van der Waals surface area (Å²) in [6, 6.07) is 24.8. The number of hydrogen-bond donors (Lipinski definition) is 1. The van der Waals surface area contributed by atoms with E-state index in [0.29, 0.717) is 11.1 Å². The van der Waals surface area contributed by atoms with Gasteiger partial charge in [0.05, 0.1) is 11.2 Å². The fourth-order valence-corrected chi connectivity index (χ4v) is 4.32. The van der Waals surface area contributed by atoms with Gasteiger partial charge in [0, 0.05) is 29.8 Å². The van der Waals surface area contributed by atoms with Crippen molar-refractivity contribution in [3.63, 3.8) is 0 Å². The molecule has 4 aromatic rings. The van der Waals surface area contributed by atoms with Crippen LogP contribution in [0.25, 0.3) is 27.8 Å². The first kappa shape index (κ1) is 24.9. The predicted octanol–water partition coefficient (Wildman–Crippen LogP) is 5.85. The largest absolute Gasteiger partial charge is 0.453 e. The molecule has 0 saturated carbocycles. The summed E-state index contributed by atoms with van der Waals surface area (Å²) in [6.07, 6.45) is -0.901. The lowest BCUT2D eigenvalue weighted by atomic mass is 9.85. The van der Waals surface area contributed by atoms with Crippen molar-refractivity contribution in [1.82, 2.24) is 4.57 Å². The number of fused-ring (bicyclic) bond motifs is 1. The number of nitrogens with one attached hydrogen (secondary N) is 1. The monoisotopic (exact) mass is 482 g/mol. The SMILES string of the molecule is CC(=O)O[C@@H](C)C(=O)Nc1ccc(-c2cc(=O)c3ccccc3n2-c2ccccc2C(C)(C)C)cc1. The Bertz CT molecular complexity index is 1490. The van der Waals surface area contributed by atoms with Crippen molar-refractivity contribution in [1.29, 1.82) is 0 Å². The van der Waals surface area contributed by atoms with E-state index in [-0.39, 0.29) is 10.8 Å². The van der Waals surface area contributed by atoms with Crippen LogP contribution in [0.5, 0.6) is 0 Å². The highest BCUT2D eigenvalue weighted by atomic mass is 16.5. The van der Waals surface area contributed by atoms with Crippen LogP contribution < -0.4 is 10.7 Å². The van der Waals surface area contributed by atoms with E-state index in [0.717, 1.165) is 28.0 Å². The molecule has 0 aliphatic rings. The molecule has 1 atom stereocenters. The number of rotatable bonds is 5. The third kappa shape index (κ3) is 5.08. The van der Waals surface area contributed by atoms with Gasteiger partial charge in [0.1, 0.15) is 0 Å². The van der Waals surface area contributed by atoms with Crippen molar-refractivity contribution in [3.05, 3.63) is 94.6 Å². The van der Waals surface area contributed by atoms with Crippen molar-refractivity contribution < 1.29 is 14.3 Å². The summed E-state index contributed by atoms with van der Waals surface area (Å²) in [5.41, 5.74) is 4.95. The Balaban J connectivity index is 1.84. The maximum atomic E-state index is 13.1. The van der Waals surface area contributed by atoms with E-state index in [9.17, 15) is 14.4 Å². The third-order valence-corrected chi connectivity index (χ3v) is 6.03. The fraction of sp³-hybridized carbons (Fsp3) is 0.233. The van der Waals surface area contributed by atoms with E-state index in [2.05, 4.69) is 42.8 Å². The lowest BCUT2D eigenvalue weighted by Gasteiger charge is -2.26. The molecule has 6 nitrogen and oxygen atoms in total. The van der Waals surface area contributed by atoms with Crippen LogP contribution in [0.1, 0.15) is 40.2 Å². The number of amides is 1. The molecule has 1 amide bonds. The Morgan fingerprint density at radius 2 is 1.56 bits per heavy atom. The van der Waals surface area contributed by atoms with Crippen molar-refractivity contribution in [2.75, 3.05) is 5.32 Å². The molecular weight excluding hydrogens is 452 g/mol.